The van der Waals surface area contributed by atoms with E-state index in [0.717, 1.165) is 53.6 Å². The lowest BCUT2D eigenvalue weighted by molar-refractivity contribution is 0.122. The van der Waals surface area contributed by atoms with E-state index in [1.54, 1.807) is 6.20 Å². The Hall–Kier alpha value is -2.85. The first kappa shape index (κ1) is 22.9. The van der Waals surface area contributed by atoms with Crippen LogP contribution in [0.5, 0.6) is 0 Å². The van der Waals surface area contributed by atoms with Crippen LogP contribution in [0.4, 0.5) is 5.82 Å². The van der Waals surface area contributed by atoms with Gasteiger partial charge in [-0.3, -0.25) is 9.98 Å². The lowest BCUT2D eigenvalue weighted by Gasteiger charge is -2.28. The third kappa shape index (κ3) is 4.97. The normalized spacial score (nSPS) is 15.3. The third-order valence-electron chi connectivity index (χ3n) is 6.11. The number of imidazole rings is 1. The van der Waals surface area contributed by atoms with Crippen molar-refractivity contribution in [1.29, 1.82) is 0 Å². The van der Waals surface area contributed by atoms with Gasteiger partial charge in [0.2, 0.25) is 0 Å². The average Bonchev–Trinajstić information content (AvgIpc) is 3.30. The van der Waals surface area contributed by atoms with Gasteiger partial charge >= 0.3 is 0 Å². The Bertz CT molecular complexity index is 1310. The van der Waals surface area contributed by atoms with Crippen LogP contribution in [0, 0.1) is 13.8 Å². The van der Waals surface area contributed by atoms with Gasteiger partial charge < -0.3 is 14.0 Å². The van der Waals surface area contributed by atoms with E-state index in [4.69, 9.17) is 19.7 Å². The molecular weight excluding hydrogens is 539 g/mol. The van der Waals surface area contributed by atoms with Crippen molar-refractivity contribution in [2.24, 2.45) is 4.99 Å². The minimum atomic E-state index is 0.0683. The first-order chi connectivity index (χ1) is 16.6. The number of anilines is 1. The molecule has 8 heteroatoms. The molecule has 3 aromatic heterocycles. The summed E-state index contributed by atoms with van der Waals surface area (Å²) in [5, 5.41) is 0. The standard InChI is InChI=1S/C26H27IN6O/c1-18-6-5-7-20(19(18)2)15-29-24(27)14-21-16-33-17-23(22-8-3-4-9-28-22)31-26(33)25(30-21)32-10-12-34-13-11-32/h3-9,15-17,24H,10-14H2,1-2H3/b29-15+. The molecule has 1 unspecified atom stereocenters. The molecule has 0 bridgehead atoms. The number of nitrogens with zero attached hydrogens (tertiary/aromatic N) is 6. The van der Waals surface area contributed by atoms with Gasteiger partial charge in [0.1, 0.15) is 9.74 Å². The molecule has 174 valence electrons. The van der Waals surface area contributed by atoms with Crippen LogP contribution in [0.3, 0.4) is 0 Å². The highest BCUT2D eigenvalue weighted by molar-refractivity contribution is 14.1. The number of aryl methyl sites for hydroxylation is 1. The van der Waals surface area contributed by atoms with Crippen molar-refractivity contribution in [2.45, 2.75) is 24.3 Å². The van der Waals surface area contributed by atoms with Crippen molar-refractivity contribution in [3.63, 3.8) is 0 Å². The number of pyridine rings is 1. The van der Waals surface area contributed by atoms with E-state index in [2.05, 4.69) is 75.1 Å². The molecule has 0 amide bonds. The first-order valence-corrected chi connectivity index (χ1v) is 12.7. The Morgan fingerprint density at radius 3 is 2.71 bits per heavy atom. The molecule has 1 fully saturated rings. The number of ether oxygens (including phenoxy) is 1. The predicted octanol–water partition coefficient (Wildman–Crippen LogP) is 4.67. The van der Waals surface area contributed by atoms with Crippen molar-refractivity contribution in [2.75, 3.05) is 31.2 Å². The lowest BCUT2D eigenvalue weighted by atomic mass is 10.0. The molecule has 0 aliphatic carbocycles. The molecule has 0 spiro atoms. The summed E-state index contributed by atoms with van der Waals surface area (Å²) >= 11 is 2.39. The minimum Gasteiger partial charge on any atom is -0.378 e. The number of halogens is 1. The number of hydrogen-bond acceptors (Lipinski definition) is 6. The summed E-state index contributed by atoms with van der Waals surface area (Å²) in [5.41, 5.74) is 7.23. The van der Waals surface area contributed by atoms with Crippen LogP contribution in [0.2, 0.25) is 0 Å². The predicted molar refractivity (Wildman–Crippen MR) is 144 cm³/mol. The van der Waals surface area contributed by atoms with E-state index in [0.29, 0.717) is 13.2 Å². The Morgan fingerprint density at radius 1 is 1.06 bits per heavy atom. The summed E-state index contributed by atoms with van der Waals surface area (Å²) in [6, 6.07) is 12.2. The van der Waals surface area contributed by atoms with Gasteiger partial charge in [-0.1, -0.05) is 46.9 Å². The fourth-order valence-electron chi connectivity index (χ4n) is 4.06. The zero-order valence-corrected chi connectivity index (χ0v) is 21.5. The Labute approximate surface area is 213 Å². The summed E-state index contributed by atoms with van der Waals surface area (Å²) in [6.45, 7) is 7.26. The second-order valence-corrected chi connectivity index (χ2v) is 9.87. The average molecular weight is 566 g/mol. The number of aromatic nitrogens is 4. The van der Waals surface area contributed by atoms with Crippen LogP contribution in [-0.2, 0) is 11.2 Å². The van der Waals surface area contributed by atoms with E-state index < -0.39 is 0 Å². The fraction of sp³-hybridized carbons (Fsp3) is 0.308. The maximum atomic E-state index is 5.57. The highest BCUT2D eigenvalue weighted by atomic mass is 127. The van der Waals surface area contributed by atoms with Crippen LogP contribution in [-0.4, -0.2) is 55.9 Å². The van der Waals surface area contributed by atoms with Crippen molar-refractivity contribution < 1.29 is 4.74 Å². The topological polar surface area (TPSA) is 67.9 Å². The van der Waals surface area contributed by atoms with Crippen LogP contribution in [0.25, 0.3) is 17.0 Å². The van der Waals surface area contributed by atoms with Crippen LogP contribution in [0.15, 0.2) is 60.0 Å². The van der Waals surface area contributed by atoms with Gasteiger partial charge in [0, 0.05) is 44.3 Å². The number of benzene rings is 1. The summed E-state index contributed by atoms with van der Waals surface area (Å²) in [7, 11) is 0. The van der Waals surface area contributed by atoms with Gasteiger partial charge in [0.15, 0.2) is 11.5 Å². The van der Waals surface area contributed by atoms with E-state index >= 15 is 0 Å². The SMILES string of the molecule is Cc1cccc(/C=N/C(I)Cc2cn3cc(-c4ccccn4)nc3c(N3CCOCC3)n2)c1C. The second kappa shape index (κ2) is 10.2. The molecule has 1 aromatic carbocycles. The maximum absolute atomic E-state index is 5.57. The largest absolute Gasteiger partial charge is 0.378 e. The Balaban J connectivity index is 1.46. The molecule has 1 atom stereocenters. The van der Waals surface area contributed by atoms with Gasteiger partial charge in [-0.25, -0.2) is 9.97 Å². The van der Waals surface area contributed by atoms with Crippen molar-refractivity contribution >= 4 is 40.3 Å². The second-order valence-electron chi connectivity index (χ2n) is 8.43. The summed E-state index contributed by atoms with van der Waals surface area (Å²) < 4.78 is 7.71. The molecule has 34 heavy (non-hydrogen) atoms. The van der Waals surface area contributed by atoms with Crippen molar-refractivity contribution in [1.82, 2.24) is 19.4 Å². The number of fused-ring (bicyclic) bond motifs is 1. The van der Waals surface area contributed by atoms with E-state index in [1.807, 2.05) is 30.6 Å². The van der Waals surface area contributed by atoms with Gasteiger partial charge in [-0.2, -0.15) is 0 Å². The lowest BCUT2D eigenvalue weighted by Crippen LogP contribution is -2.37. The van der Waals surface area contributed by atoms with Crippen LogP contribution >= 0.6 is 22.6 Å². The summed E-state index contributed by atoms with van der Waals surface area (Å²) in [6.07, 6.45) is 8.61. The summed E-state index contributed by atoms with van der Waals surface area (Å²) in [4.78, 5) is 21.5. The Morgan fingerprint density at radius 2 is 1.91 bits per heavy atom. The van der Waals surface area contributed by atoms with Crippen molar-refractivity contribution in [3.05, 3.63) is 77.4 Å². The molecule has 4 aromatic rings. The molecule has 1 aliphatic rings. The number of alkyl halides is 1. The van der Waals surface area contributed by atoms with Gasteiger partial charge in [0.05, 0.1) is 24.6 Å². The number of hydrogen-bond donors (Lipinski definition) is 0. The quantitative estimate of drug-likeness (QED) is 0.147. The highest BCUT2D eigenvalue weighted by Gasteiger charge is 2.20. The van der Waals surface area contributed by atoms with Gasteiger partial charge in [-0.15, -0.1) is 0 Å². The van der Waals surface area contributed by atoms with Crippen LogP contribution in [0.1, 0.15) is 22.4 Å². The van der Waals surface area contributed by atoms with Gasteiger partial charge in [-0.05, 0) is 42.7 Å². The van der Waals surface area contributed by atoms with E-state index in [1.165, 1.54) is 11.1 Å². The van der Waals surface area contributed by atoms with E-state index in [-0.39, 0.29) is 4.05 Å². The molecule has 5 rings (SSSR count). The molecule has 0 radical (unpaired) electrons. The highest BCUT2D eigenvalue weighted by Crippen LogP contribution is 2.25. The molecular formula is C26H27IN6O. The number of aliphatic imine (C=N–C) groups is 1. The number of morpholine rings is 1. The minimum absolute atomic E-state index is 0.0683. The smallest absolute Gasteiger partial charge is 0.180 e. The third-order valence-corrected chi connectivity index (χ3v) is 6.87. The van der Waals surface area contributed by atoms with E-state index in [9.17, 15) is 0 Å². The Kier molecular flexibility index (Phi) is 6.87. The molecule has 0 N–H and O–H groups in total. The fourth-order valence-corrected chi connectivity index (χ4v) is 4.67. The zero-order valence-electron chi connectivity index (χ0n) is 19.4. The van der Waals surface area contributed by atoms with Crippen molar-refractivity contribution in [3.8, 4) is 11.4 Å². The van der Waals surface area contributed by atoms with Gasteiger partial charge in [0.25, 0.3) is 0 Å². The van der Waals surface area contributed by atoms with Crippen LogP contribution < -0.4 is 4.90 Å². The molecule has 1 saturated heterocycles. The monoisotopic (exact) mass is 566 g/mol. The number of rotatable bonds is 6. The molecule has 1 aliphatic heterocycles. The summed E-state index contributed by atoms with van der Waals surface area (Å²) in [5.74, 6) is 0.894. The zero-order chi connectivity index (χ0) is 23.5. The molecule has 0 saturated carbocycles. The molecule has 7 nitrogen and oxygen atoms in total. The first-order valence-electron chi connectivity index (χ1n) is 11.4. The molecule has 4 heterocycles. The maximum Gasteiger partial charge on any atom is 0.180 e.